The van der Waals surface area contributed by atoms with E-state index in [2.05, 4.69) is 9.97 Å². The molecule has 2 atom stereocenters. The van der Waals surface area contributed by atoms with Gasteiger partial charge in [-0.15, -0.1) is 0 Å². The number of nitrogen functional groups attached to an aromatic ring is 2. The lowest BCUT2D eigenvalue weighted by molar-refractivity contribution is -0.122. The van der Waals surface area contributed by atoms with Crippen LogP contribution in [0.15, 0.2) is 85.2 Å². The molecule has 5 nitrogen and oxygen atoms in total. The number of ketones is 1. The predicted molar refractivity (Wildman–Crippen MR) is 128 cm³/mol. The van der Waals surface area contributed by atoms with E-state index in [4.69, 9.17) is 11.5 Å². The Morgan fingerprint density at radius 1 is 0.676 bits per heavy atom. The number of nitrogens with zero attached hydrogens (tertiary/aromatic N) is 2. The molecule has 4 aromatic rings. The van der Waals surface area contributed by atoms with E-state index >= 15 is 0 Å². The molecule has 0 saturated heterocycles. The quantitative estimate of drug-likeness (QED) is 0.394. The molecule has 2 aromatic carbocycles. The Hall–Kier alpha value is -4.13. The Morgan fingerprint density at radius 3 is 1.41 bits per heavy atom. The van der Waals surface area contributed by atoms with E-state index in [-0.39, 0.29) is 17.4 Å². The summed E-state index contributed by atoms with van der Waals surface area (Å²) >= 11 is 0. The summed E-state index contributed by atoms with van der Waals surface area (Å²) in [6.07, 6.45) is 3.83. The Morgan fingerprint density at radius 2 is 1.06 bits per heavy atom. The lowest BCUT2D eigenvalue weighted by atomic mass is 9.78. The van der Waals surface area contributed by atoms with Gasteiger partial charge in [0.2, 0.25) is 0 Å². The van der Waals surface area contributed by atoms with Crippen LogP contribution in [0, 0.1) is 11.6 Å². The summed E-state index contributed by atoms with van der Waals surface area (Å²) in [7, 11) is 0. The lowest BCUT2D eigenvalue weighted by Crippen LogP contribution is -2.25. The van der Waals surface area contributed by atoms with Crippen molar-refractivity contribution in [3.8, 4) is 0 Å². The second-order valence-corrected chi connectivity index (χ2v) is 8.20. The fraction of sp³-hybridized carbons (Fsp3) is 0.148. The molecule has 0 aliphatic rings. The van der Waals surface area contributed by atoms with Gasteiger partial charge in [-0.1, -0.05) is 24.3 Å². The van der Waals surface area contributed by atoms with E-state index in [1.165, 1.54) is 24.3 Å². The topological polar surface area (TPSA) is 94.9 Å². The van der Waals surface area contributed by atoms with Crippen LogP contribution in [0.4, 0.5) is 20.4 Å². The third-order valence-corrected chi connectivity index (χ3v) is 5.81. The first-order valence-electron chi connectivity index (χ1n) is 10.8. The number of carbonyl (C=O) groups is 1. The van der Waals surface area contributed by atoms with Crippen LogP contribution in [0.3, 0.4) is 0 Å². The third-order valence-electron chi connectivity index (χ3n) is 5.81. The summed E-state index contributed by atoms with van der Waals surface area (Å²) < 4.78 is 27.0. The SMILES string of the molecule is Nc1cc(C(Cc2ccc(F)cc2)C(=O)C(Cc2ccc(F)cc2)c2ccnc(N)c2)ccn1. The maximum absolute atomic E-state index is 14.1. The monoisotopic (exact) mass is 458 g/mol. The number of aromatic nitrogens is 2. The standard InChI is InChI=1S/C27H24F2N4O/c28-21-5-1-17(2-6-21)13-23(19-9-11-32-25(30)15-19)27(34)24(20-10-12-33-26(31)16-20)14-18-3-7-22(29)8-4-18/h1-12,15-16,23-24H,13-14H2,(H2,30,32)(H2,31,33). The highest BCUT2D eigenvalue weighted by atomic mass is 19.1. The molecular weight excluding hydrogens is 434 g/mol. The molecule has 4 N–H and O–H groups in total. The van der Waals surface area contributed by atoms with Crippen molar-refractivity contribution in [2.24, 2.45) is 0 Å². The lowest BCUT2D eigenvalue weighted by Gasteiger charge is -2.24. The number of carbonyl (C=O) groups excluding carboxylic acids is 1. The minimum absolute atomic E-state index is 0.0650. The van der Waals surface area contributed by atoms with E-state index in [0.717, 1.165) is 11.1 Å². The minimum atomic E-state index is -0.574. The van der Waals surface area contributed by atoms with Gasteiger partial charge in [0.1, 0.15) is 29.1 Å². The zero-order valence-electron chi connectivity index (χ0n) is 18.4. The van der Waals surface area contributed by atoms with Gasteiger partial charge in [-0.2, -0.15) is 0 Å². The number of anilines is 2. The summed E-state index contributed by atoms with van der Waals surface area (Å²) in [5.41, 5.74) is 14.9. The van der Waals surface area contributed by atoms with Gasteiger partial charge in [-0.05, 0) is 83.6 Å². The van der Waals surface area contributed by atoms with Crippen molar-refractivity contribution in [1.82, 2.24) is 9.97 Å². The van der Waals surface area contributed by atoms with Crippen molar-refractivity contribution in [2.75, 3.05) is 11.5 Å². The van der Waals surface area contributed by atoms with Gasteiger partial charge in [0, 0.05) is 24.2 Å². The van der Waals surface area contributed by atoms with E-state index in [9.17, 15) is 13.6 Å². The molecule has 0 amide bonds. The third kappa shape index (κ3) is 5.61. The molecule has 172 valence electrons. The predicted octanol–water partition coefficient (Wildman–Crippen LogP) is 4.84. The van der Waals surface area contributed by atoms with Crippen molar-refractivity contribution < 1.29 is 13.6 Å². The second kappa shape index (κ2) is 10.2. The number of Topliss-reactive ketones (excluding diaryl/α,β-unsaturated/α-hetero) is 1. The normalized spacial score (nSPS) is 12.8. The van der Waals surface area contributed by atoms with Gasteiger partial charge in [-0.3, -0.25) is 4.79 Å². The molecule has 0 spiro atoms. The van der Waals surface area contributed by atoms with E-state index < -0.39 is 11.8 Å². The summed E-state index contributed by atoms with van der Waals surface area (Å²) in [6.45, 7) is 0. The average Bonchev–Trinajstić information content (AvgIpc) is 2.83. The molecule has 4 rings (SSSR count). The van der Waals surface area contributed by atoms with Gasteiger partial charge in [-0.25, -0.2) is 18.7 Å². The highest BCUT2D eigenvalue weighted by Gasteiger charge is 2.30. The van der Waals surface area contributed by atoms with Crippen LogP contribution < -0.4 is 11.5 Å². The number of rotatable bonds is 8. The zero-order chi connectivity index (χ0) is 24.1. The van der Waals surface area contributed by atoms with Crippen LogP contribution in [0.2, 0.25) is 0 Å². The van der Waals surface area contributed by atoms with Gasteiger partial charge >= 0.3 is 0 Å². The Bertz CT molecular complexity index is 1180. The number of benzene rings is 2. The molecule has 0 aliphatic carbocycles. The molecule has 2 unspecified atom stereocenters. The van der Waals surface area contributed by atoms with Crippen LogP contribution in [-0.4, -0.2) is 15.8 Å². The highest BCUT2D eigenvalue weighted by Crippen LogP contribution is 2.33. The molecule has 0 saturated carbocycles. The maximum Gasteiger partial charge on any atom is 0.148 e. The molecule has 0 aliphatic heterocycles. The van der Waals surface area contributed by atoms with Gasteiger partial charge in [0.05, 0.1) is 0 Å². The number of pyridine rings is 2. The summed E-state index contributed by atoms with van der Waals surface area (Å²) in [5, 5.41) is 0. The van der Waals surface area contributed by atoms with Gasteiger partial charge in [0.15, 0.2) is 0 Å². The first-order valence-corrected chi connectivity index (χ1v) is 10.8. The van der Waals surface area contributed by atoms with Crippen molar-refractivity contribution in [2.45, 2.75) is 24.7 Å². The Kier molecular flexibility index (Phi) is 6.92. The van der Waals surface area contributed by atoms with Gasteiger partial charge < -0.3 is 11.5 Å². The van der Waals surface area contributed by atoms with E-state index in [0.29, 0.717) is 35.6 Å². The molecule has 0 fully saturated rings. The van der Waals surface area contributed by atoms with Crippen LogP contribution in [0.25, 0.3) is 0 Å². The first-order chi connectivity index (χ1) is 16.4. The summed E-state index contributed by atoms with van der Waals surface area (Å²) in [6, 6.07) is 19.0. The van der Waals surface area contributed by atoms with Crippen LogP contribution in [0.1, 0.15) is 34.1 Å². The first kappa shape index (κ1) is 23.0. The number of hydrogen-bond acceptors (Lipinski definition) is 5. The summed E-state index contributed by atoms with van der Waals surface area (Å²) in [4.78, 5) is 22.2. The van der Waals surface area contributed by atoms with Crippen molar-refractivity contribution in [1.29, 1.82) is 0 Å². The molecule has 7 heteroatoms. The number of nitrogens with two attached hydrogens (primary N) is 2. The van der Waals surface area contributed by atoms with Crippen LogP contribution in [0.5, 0.6) is 0 Å². The molecule has 0 bridgehead atoms. The summed E-state index contributed by atoms with van der Waals surface area (Å²) in [5.74, 6) is -1.30. The maximum atomic E-state index is 14.1. The van der Waals surface area contributed by atoms with Crippen molar-refractivity contribution in [3.05, 3.63) is 119 Å². The van der Waals surface area contributed by atoms with E-state index in [1.807, 2.05) is 0 Å². The number of halogens is 2. The largest absolute Gasteiger partial charge is 0.384 e. The average molecular weight is 459 g/mol. The number of hydrogen-bond donors (Lipinski definition) is 2. The minimum Gasteiger partial charge on any atom is -0.384 e. The highest BCUT2D eigenvalue weighted by molar-refractivity contribution is 5.92. The zero-order valence-corrected chi connectivity index (χ0v) is 18.4. The molecule has 2 heterocycles. The second-order valence-electron chi connectivity index (χ2n) is 8.20. The molecule has 2 aromatic heterocycles. The fourth-order valence-electron chi connectivity index (χ4n) is 4.09. The fourth-order valence-corrected chi connectivity index (χ4v) is 4.09. The molecule has 34 heavy (non-hydrogen) atoms. The van der Waals surface area contributed by atoms with Crippen molar-refractivity contribution in [3.63, 3.8) is 0 Å². The van der Waals surface area contributed by atoms with Gasteiger partial charge in [0.25, 0.3) is 0 Å². The van der Waals surface area contributed by atoms with E-state index in [1.54, 1.807) is 60.9 Å². The van der Waals surface area contributed by atoms with Crippen LogP contribution >= 0.6 is 0 Å². The molecular formula is C27H24F2N4O. The smallest absolute Gasteiger partial charge is 0.148 e. The molecule has 0 radical (unpaired) electrons. The van der Waals surface area contributed by atoms with Crippen molar-refractivity contribution >= 4 is 17.4 Å². The Labute approximate surface area is 196 Å². The Balaban J connectivity index is 1.76. The van der Waals surface area contributed by atoms with Crippen LogP contribution in [-0.2, 0) is 17.6 Å².